The van der Waals surface area contributed by atoms with E-state index in [0.717, 1.165) is 58.2 Å². The third-order valence-corrected chi connectivity index (χ3v) is 4.43. The van der Waals surface area contributed by atoms with E-state index in [0.29, 0.717) is 5.41 Å². The van der Waals surface area contributed by atoms with Crippen LogP contribution in [0.2, 0.25) is 0 Å². The van der Waals surface area contributed by atoms with Crippen molar-refractivity contribution in [3.8, 4) is 0 Å². The topological polar surface area (TPSA) is 44.7 Å². The summed E-state index contributed by atoms with van der Waals surface area (Å²) in [7, 11) is 2.18. The van der Waals surface area contributed by atoms with Crippen molar-refractivity contribution in [1.29, 1.82) is 0 Å². The SMILES string of the molecule is CC(O)CCN(C)CC1(CNC2CC2)CCOCC1. The van der Waals surface area contributed by atoms with Crippen LogP contribution in [0.3, 0.4) is 0 Å². The van der Waals surface area contributed by atoms with Gasteiger partial charge in [-0.2, -0.15) is 0 Å². The monoisotopic (exact) mass is 270 g/mol. The summed E-state index contributed by atoms with van der Waals surface area (Å²) in [5.41, 5.74) is 0.369. The van der Waals surface area contributed by atoms with Crippen LogP contribution in [0, 0.1) is 5.41 Å². The van der Waals surface area contributed by atoms with Crippen LogP contribution in [0.15, 0.2) is 0 Å². The number of ether oxygens (including phenoxy) is 1. The number of rotatable bonds is 8. The molecule has 2 aliphatic rings. The van der Waals surface area contributed by atoms with Gasteiger partial charge in [0, 0.05) is 38.9 Å². The third-order valence-electron chi connectivity index (χ3n) is 4.43. The zero-order valence-electron chi connectivity index (χ0n) is 12.5. The van der Waals surface area contributed by atoms with Crippen molar-refractivity contribution in [3.63, 3.8) is 0 Å². The summed E-state index contributed by atoms with van der Waals surface area (Å²) in [4.78, 5) is 2.38. The largest absolute Gasteiger partial charge is 0.393 e. The summed E-state index contributed by atoms with van der Waals surface area (Å²) < 4.78 is 5.54. The predicted octanol–water partition coefficient (Wildman–Crippen LogP) is 1.24. The molecule has 2 rings (SSSR count). The van der Waals surface area contributed by atoms with Crippen LogP contribution in [0.4, 0.5) is 0 Å². The number of aliphatic hydroxyl groups is 1. The molecule has 0 radical (unpaired) electrons. The van der Waals surface area contributed by atoms with E-state index in [2.05, 4.69) is 17.3 Å². The highest BCUT2D eigenvalue weighted by molar-refractivity contribution is 4.90. The maximum atomic E-state index is 9.40. The lowest BCUT2D eigenvalue weighted by atomic mass is 9.79. The number of nitrogens with zero attached hydrogens (tertiary/aromatic N) is 1. The highest BCUT2D eigenvalue weighted by Crippen LogP contribution is 2.32. The van der Waals surface area contributed by atoms with Crippen LogP contribution in [-0.4, -0.2) is 62.0 Å². The van der Waals surface area contributed by atoms with Crippen LogP contribution in [0.5, 0.6) is 0 Å². The Balaban J connectivity index is 1.80. The molecule has 112 valence electrons. The van der Waals surface area contributed by atoms with Crippen molar-refractivity contribution in [2.24, 2.45) is 5.41 Å². The van der Waals surface area contributed by atoms with Crippen LogP contribution >= 0.6 is 0 Å². The minimum Gasteiger partial charge on any atom is -0.393 e. The molecule has 19 heavy (non-hydrogen) atoms. The highest BCUT2D eigenvalue weighted by Gasteiger charge is 2.35. The predicted molar refractivity (Wildman–Crippen MR) is 77.3 cm³/mol. The quantitative estimate of drug-likeness (QED) is 0.696. The Kier molecular flexibility index (Phi) is 5.63. The lowest BCUT2D eigenvalue weighted by Gasteiger charge is -2.40. The minimum absolute atomic E-state index is 0.197. The normalized spacial score (nSPS) is 24.6. The summed E-state index contributed by atoms with van der Waals surface area (Å²) in [6, 6.07) is 0.780. The summed E-state index contributed by atoms with van der Waals surface area (Å²) in [6.07, 6.45) is 5.68. The van der Waals surface area contributed by atoms with Gasteiger partial charge in [0.15, 0.2) is 0 Å². The van der Waals surface area contributed by atoms with Crippen LogP contribution in [0.1, 0.15) is 39.0 Å². The molecule has 4 nitrogen and oxygen atoms in total. The molecular weight excluding hydrogens is 240 g/mol. The smallest absolute Gasteiger partial charge is 0.0524 e. The molecule has 1 unspecified atom stereocenters. The van der Waals surface area contributed by atoms with E-state index in [1.165, 1.54) is 12.8 Å². The Morgan fingerprint density at radius 3 is 2.63 bits per heavy atom. The number of aliphatic hydroxyl groups excluding tert-OH is 1. The first-order valence-corrected chi connectivity index (χ1v) is 7.77. The first-order valence-electron chi connectivity index (χ1n) is 7.77. The fourth-order valence-corrected chi connectivity index (χ4v) is 2.90. The van der Waals surface area contributed by atoms with Crippen LogP contribution in [-0.2, 0) is 4.74 Å². The van der Waals surface area contributed by atoms with Crippen LogP contribution in [0.25, 0.3) is 0 Å². The van der Waals surface area contributed by atoms with Gasteiger partial charge < -0.3 is 20.1 Å². The average molecular weight is 270 g/mol. The minimum atomic E-state index is -0.197. The fraction of sp³-hybridized carbons (Fsp3) is 1.00. The van der Waals surface area contributed by atoms with Gasteiger partial charge in [0.05, 0.1) is 6.10 Å². The average Bonchev–Trinajstić information content (AvgIpc) is 3.19. The molecule has 2 fully saturated rings. The molecule has 1 aliphatic heterocycles. The maximum Gasteiger partial charge on any atom is 0.0524 e. The van der Waals surface area contributed by atoms with Gasteiger partial charge in [-0.25, -0.2) is 0 Å². The lowest BCUT2D eigenvalue weighted by molar-refractivity contribution is -0.00218. The van der Waals surface area contributed by atoms with Crippen molar-refractivity contribution < 1.29 is 9.84 Å². The van der Waals surface area contributed by atoms with Gasteiger partial charge >= 0.3 is 0 Å². The number of hydrogen-bond acceptors (Lipinski definition) is 4. The Bertz CT molecular complexity index is 261. The molecule has 1 aliphatic carbocycles. The molecule has 1 atom stereocenters. The van der Waals surface area contributed by atoms with Crippen molar-refractivity contribution in [3.05, 3.63) is 0 Å². The second-order valence-electron chi connectivity index (χ2n) is 6.64. The molecule has 0 bridgehead atoms. The second kappa shape index (κ2) is 7.02. The molecule has 0 aromatic heterocycles. The molecule has 0 spiro atoms. The molecule has 1 saturated heterocycles. The Morgan fingerprint density at radius 1 is 1.37 bits per heavy atom. The summed E-state index contributed by atoms with van der Waals surface area (Å²) in [5, 5.41) is 13.1. The van der Waals surface area contributed by atoms with E-state index < -0.39 is 0 Å². The number of hydrogen-bond donors (Lipinski definition) is 2. The van der Waals surface area contributed by atoms with E-state index >= 15 is 0 Å². The van der Waals surface area contributed by atoms with Crippen molar-refractivity contribution in [2.45, 2.75) is 51.2 Å². The van der Waals surface area contributed by atoms with Gasteiger partial charge in [-0.1, -0.05) is 0 Å². The molecule has 0 aromatic carbocycles. The Labute approximate surface area is 117 Å². The molecule has 2 N–H and O–H groups in total. The standard InChI is InChI=1S/C15H30N2O2/c1-13(18)5-8-17(2)12-15(6-9-19-10-7-15)11-16-14-3-4-14/h13-14,16,18H,3-12H2,1-2H3. The molecule has 0 amide bonds. The van der Waals surface area contributed by atoms with E-state index in [1.807, 2.05) is 6.92 Å². The third kappa shape index (κ3) is 5.38. The van der Waals surface area contributed by atoms with E-state index in [4.69, 9.17) is 4.74 Å². The van der Waals surface area contributed by atoms with Crippen molar-refractivity contribution >= 4 is 0 Å². The molecule has 0 aromatic rings. The lowest BCUT2D eigenvalue weighted by Crippen LogP contribution is -2.47. The molecule has 4 heteroatoms. The van der Waals surface area contributed by atoms with Gasteiger partial charge in [0.1, 0.15) is 0 Å². The first-order chi connectivity index (χ1) is 9.10. The molecule has 1 heterocycles. The van der Waals surface area contributed by atoms with E-state index in [-0.39, 0.29) is 6.10 Å². The number of nitrogens with one attached hydrogen (secondary N) is 1. The van der Waals surface area contributed by atoms with E-state index in [1.54, 1.807) is 0 Å². The van der Waals surface area contributed by atoms with Crippen LogP contribution < -0.4 is 5.32 Å². The second-order valence-corrected chi connectivity index (χ2v) is 6.64. The summed E-state index contributed by atoms with van der Waals surface area (Å²) in [5.74, 6) is 0. The van der Waals surface area contributed by atoms with Gasteiger partial charge in [0.25, 0.3) is 0 Å². The van der Waals surface area contributed by atoms with Crippen molar-refractivity contribution in [2.75, 3.05) is 39.9 Å². The Hall–Kier alpha value is -0.160. The van der Waals surface area contributed by atoms with Gasteiger partial charge in [-0.05, 0) is 51.5 Å². The van der Waals surface area contributed by atoms with Gasteiger partial charge in [-0.15, -0.1) is 0 Å². The maximum absolute atomic E-state index is 9.40. The summed E-state index contributed by atoms with van der Waals surface area (Å²) in [6.45, 7) is 6.88. The van der Waals surface area contributed by atoms with Gasteiger partial charge in [-0.3, -0.25) is 0 Å². The zero-order chi connectivity index (χ0) is 13.7. The van der Waals surface area contributed by atoms with E-state index in [9.17, 15) is 5.11 Å². The van der Waals surface area contributed by atoms with Crippen molar-refractivity contribution in [1.82, 2.24) is 10.2 Å². The zero-order valence-corrected chi connectivity index (χ0v) is 12.5. The first kappa shape index (κ1) is 15.2. The Morgan fingerprint density at radius 2 is 2.05 bits per heavy atom. The summed E-state index contributed by atoms with van der Waals surface area (Å²) >= 11 is 0. The fourth-order valence-electron chi connectivity index (χ4n) is 2.90. The van der Waals surface area contributed by atoms with Gasteiger partial charge in [0.2, 0.25) is 0 Å². The highest BCUT2D eigenvalue weighted by atomic mass is 16.5. The molecule has 1 saturated carbocycles. The molecular formula is C15H30N2O2.